The minimum absolute atomic E-state index is 0.221. The number of anilines is 1. The molecule has 4 nitrogen and oxygen atoms in total. The summed E-state index contributed by atoms with van der Waals surface area (Å²) in [6.45, 7) is 6.01. The molecule has 1 heterocycles. The molecule has 1 N–H and O–H groups in total. The average molecular weight is 259 g/mol. The number of nitrogens with one attached hydrogen (secondary N) is 1. The molecule has 2 rings (SSSR count). The lowest BCUT2D eigenvalue weighted by molar-refractivity contribution is 0.380. The van der Waals surface area contributed by atoms with Gasteiger partial charge in [-0.1, -0.05) is 6.07 Å². The second-order valence-electron chi connectivity index (χ2n) is 5.21. The van der Waals surface area contributed by atoms with Gasteiger partial charge in [0.1, 0.15) is 5.75 Å². The van der Waals surface area contributed by atoms with Crippen LogP contribution in [0.25, 0.3) is 0 Å². The third-order valence-electron chi connectivity index (χ3n) is 3.47. The fourth-order valence-corrected chi connectivity index (χ4v) is 2.66. The zero-order valence-corrected chi connectivity index (χ0v) is 11.8. The monoisotopic (exact) mass is 259 g/mol. The Bertz CT molecular complexity index is 481. The van der Waals surface area contributed by atoms with Gasteiger partial charge in [-0.2, -0.15) is 5.26 Å². The highest BCUT2D eigenvalue weighted by Gasteiger charge is 2.25. The van der Waals surface area contributed by atoms with Crippen molar-refractivity contribution < 1.29 is 4.74 Å². The summed E-state index contributed by atoms with van der Waals surface area (Å²) >= 11 is 0. The van der Waals surface area contributed by atoms with E-state index in [0.717, 1.165) is 24.5 Å². The quantitative estimate of drug-likeness (QED) is 0.903. The molecule has 1 aromatic rings. The Labute approximate surface area is 115 Å². The minimum Gasteiger partial charge on any atom is -0.495 e. The van der Waals surface area contributed by atoms with E-state index in [1.807, 2.05) is 6.07 Å². The Morgan fingerprint density at radius 1 is 1.47 bits per heavy atom. The van der Waals surface area contributed by atoms with Crippen LogP contribution >= 0.6 is 0 Å². The van der Waals surface area contributed by atoms with E-state index in [0.29, 0.717) is 12.5 Å². The van der Waals surface area contributed by atoms with E-state index in [1.165, 1.54) is 5.56 Å². The van der Waals surface area contributed by atoms with E-state index in [2.05, 4.69) is 42.3 Å². The van der Waals surface area contributed by atoms with Gasteiger partial charge in [-0.3, -0.25) is 0 Å². The minimum atomic E-state index is 0.221. The molecule has 0 spiro atoms. The molecule has 0 radical (unpaired) electrons. The second kappa shape index (κ2) is 5.94. The third kappa shape index (κ3) is 3.18. The highest BCUT2D eigenvalue weighted by Crippen LogP contribution is 2.30. The van der Waals surface area contributed by atoms with E-state index in [-0.39, 0.29) is 6.04 Å². The summed E-state index contributed by atoms with van der Waals surface area (Å²) in [5, 5.41) is 12.3. The Hall–Kier alpha value is -1.73. The van der Waals surface area contributed by atoms with Crippen LogP contribution in [0.4, 0.5) is 5.69 Å². The number of ether oxygens (including phenoxy) is 1. The summed E-state index contributed by atoms with van der Waals surface area (Å²) in [4.78, 5) is 2.31. The van der Waals surface area contributed by atoms with Crippen LogP contribution in [0.2, 0.25) is 0 Å². The van der Waals surface area contributed by atoms with Crippen molar-refractivity contribution in [3.8, 4) is 11.8 Å². The number of methoxy groups -OCH3 is 1. The lowest BCUT2D eigenvalue weighted by atomic mass is 10.1. The van der Waals surface area contributed by atoms with Crippen LogP contribution in [0.3, 0.4) is 0 Å². The molecule has 19 heavy (non-hydrogen) atoms. The van der Waals surface area contributed by atoms with E-state index in [4.69, 9.17) is 10.00 Å². The molecular formula is C15H21N3O. The van der Waals surface area contributed by atoms with E-state index in [1.54, 1.807) is 7.11 Å². The fraction of sp³-hybridized carbons (Fsp3) is 0.533. The number of nitriles is 1. The van der Waals surface area contributed by atoms with Gasteiger partial charge in [0.05, 0.1) is 25.3 Å². The van der Waals surface area contributed by atoms with E-state index in [9.17, 15) is 0 Å². The predicted octanol–water partition coefficient (Wildman–Crippen LogP) is 2.08. The van der Waals surface area contributed by atoms with Crippen LogP contribution in [0.15, 0.2) is 18.2 Å². The number of piperazine rings is 1. The zero-order valence-electron chi connectivity index (χ0n) is 11.8. The number of nitrogens with zero attached hydrogens (tertiary/aromatic N) is 2. The topological polar surface area (TPSA) is 48.3 Å². The molecule has 0 amide bonds. The molecule has 0 aromatic heterocycles. The van der Waals surface area contributed by atoms with Crippen molar-refractivity contribution in [2.45, 2.75) is 32.4 Å². The smallest absolute Gasteiger partial charge is 0.142 e. The Balaban J connectivity index is 2.25. The molecule has 2 unspecified atom stereocenters. The van der Waals surface area contributed by atoms with E-state index >= 15 is 0 Å². The molecule has 0 saturated carbocycles. The maximum absolute atomic E-state index is 8.87. The van der Waals surface area contributed by atoms with Crippen molar-refractivity contribution >= 4 is 5.69 Å². The molecule has 4 heteroatoms. The van der Waals surface area contributed by atoms with Gasteiger partial charge in [0, 0.05) is 25.2 Å². The van der Waals surface area contributed by atoms with Gasteiger partial charge in [-0.05, 0) is 31.5 Å². The van der Waals surface area contributed by atoms with Crippen molar-refractivity contribution in [2.75, 3.05) is 25.1 Å². The van der Waals surface area contributed by atoms with Gasteiger partial charge >= 0.3 is 0 Å². The Morgan fingerprint density at radius 2 is 2.26 bits per heavy atom. The molecule has 2 atom stereocenters. The largest absolute Gasteiger partial charge is 0.495 e. The normalized spacial score (nSPS) is 22.9. The molecule has 1 aliphatic rings. The summed E-state index contributed by atoms with van der Waals surface area (Å²) in [5.74, 6) is 0.899. The SMILES string of the molecule is COc1ccc(C)cc1N1CC(C)NC(CC#N)C1. The summed E-state index contributed by atoms with van der Waals surface area (Å²) in [6.07, 6.45) is 0.537. The van der Waals surface area contributed by atoms with Crippen molar-refractivity contribution in [1.82, 2.24) is 5.32 Å². The van der Waals surface area contributed by atoms with Crippen molar-refractivity contribution in [2.24, 2.45) is 0 Å². The van der Waals surface area contributed by atoms with Crippen molar-refractivity contribution in [1.29, 1.82) is 5.26 Å². The van der Waals surface area contributed by atoms with Crippen LogP contribution in [0, 0.1) is 18.3 Å². The van der Waals surface area contributed by atoms with Gasteiger partial charge in [0.15, 0.2) is 0 Å². The summed E-state index contributed by atoms with van der Waals surface area (Å²) < 4.78 is 5.46. The number of rotatable bonds is 3. The Kier molecular flexibility index (Phi) is 4.28. The first-order valence-electron chi connectivity index (χ1n) is 6.66. The Morgan fingerprint density at radius 3 is 2.95 bits per heavy atom. The lowest BCUT2D eigenvalue weighted by Crippen LogP contribution is -2.55. The molecule has 1 aromatic carbocycles. The van der Waals surface area contributed by atoms with Crippen LogP contribution in [0.1, 0.15) is 18.9 Å². The molecule has 0 bridgehead atoms. The van der Waals surface area contributed by atoms with Gasteiger partial charge in [-0.25, -0.2) is 0 Å². The molecule has 102 valence electrons. The molecule has 1 aliphatic heterocycles. The average Bonchev–Trinajstić information content (AvgIpc) is 2.38. The van der Waals surface area contributed by atoms with Gasteiger partial charge in [0.2, 0.25) is 0 Å². The highest BCUT2D eigenvalue weighted by molar-refractivity contribution is 5.60. The predicted molar refractivity (Wildman–Crippen MR) is 76.6 cm³/mol. The number of hydrogen-bond donors (Lipinski definition) is 1. The fourth-order valence-electron chi connectivity index (χ4n) is 2.66. The molecule has 0 aliphatic carbocycles. The molecular weight excluding hydrogens is 238 g/mol. The first-order chi connectivity index (χ1) is 9.13. The zero-order chi connectivity index (χ0) is 13.8. The van der Waals surface area contributed by atoms with Gasteiger partial charge < -0.3 is 15.0 Å². The summed E-state index contributed by atoms with van der Waals surface area (Å²) in [5.41, 5.74) is 2.35. The summed E-state index contributed by atoms with van der Waals surface area (Å²) in [7, 11) is 1.70. The first kappa shape index (κ1) is 13.7. The van der Waals surface area contributed by atoms with Crippen molar-refractivity contribution in [3.05, 3.63) is 23.8 Å². The number of hydrogen-bond acceptors (Lipinski definition) is 4. The summed E-state index contributed by atoms with van der Waals surface area (Å²) in [6, 6.07) is 9.06. The first-order valence-corrected chi connectivity index (χ1v) is 6.66. The van der Waals surface area contributed by atoms with E-state index < -0.39 is 0 Å². The molecule has 1 fully saturated rings. The number of benzene rings is 1. The number of aryl methyl sites for hydroxylation is 1. The van der Waals surface area contributed by atoms with Crippen LogP contribution in [-0.2, 0) is 0 Å². The second-order valence-corrected chi connectivity index (χ2v) is 5.21. The maximum atomic E-state index is 8.87. The van der Waals surface area contributed by atoms with Crippen LogP contribution in [0.5, 0.6) is 5.75 Å². The van der Waals surface area contributed by atoms with Gasteiger partial charge in [0.25, 0.3) is 0 Å². The highest BCUT2D eigenvalue weighted by atomic mass is 16.5. The van der Waals surface area contributed by atoms with Crippen LogP contribution < -0.4 is 15.0 Å². The van der Waals surface area contributed by atoms with Gasteiger partial charge in [-0.15, -0.1) is 0 Å². The maximum Gasteiger partial charge on any atom is 0.142 e. The third-order valence-corrected chi connectivity index (χ3v) is 3.47. The lowest BCUT2D eigenvalue weighted by Gasteiger charge is -2.39. The van der Waals surface area contributed by atoms with Crippen LogP contribution in [-0.4, -0.2) is 32.3 Å². The molecule has 1 saturated heterocycles. The van der Waals surface area contributed by atoms with Crippen molar-refractivity contribution in [3.63, 3.8) is 0 Å². The standard InChI is InChI=1S/C15H21N3O/c1-11-4-5-15(19-3)14(8-11)18-9-12(2)17-13(10-18)6-7-16/h4-5,8,12-13,17H,6,9-10H2,1-3H3.